The third-order valence-electron chi connectivity index (χ3n) is 5.18. The van der Waals surface area contributed by atoms with Crippen LogP contribution in [0.25, 0.3) is 11.0 Å². The van der Waals surface area contributed by atoms with Crippen LogP contribution in [0.1, 0.15) is 35.9 Å². The molecule has 0 saturated carbocycles. The average Bonchev–Trinajstić information content (AvgIpc) is 3.30. The number of fused-ring (bicyclic) bond motifs is 1. The van der Waals surface area contributed by atoms with E-state index in [0.29, 0.717) is 43.6 Å². The molecule has 0 bridgehead atoms. The topological polar surface area (TPSA) is 61.1 Å². The molecule has 0 atom stereocenters. The van der Waals surface area contributed by atoms with Gasteiger partial charge >= 0.3 is 5.97 Å². The largest absolute Gasteiger partial charge is 0.462 e. The quantitative estimate of drug-likeness (QED) is 0.764. The van der Waals surface area contributed by atoms with Crippen molar-refractivity contribution < 1.29 is 23.4 Å². The first-order valence-electron chi connectivity index (χ1n) is 9.39. The number of likely N-dealkylation sites (tertiary alicyclic amines) is 1. The summed E-state index contributed by atoms with van der Waals surface area (Å²) in [5, 5.41) is 0.823. The van der Waals surface area contributed by atoms with Gasteiger partial charge in [0, 0.05) is 11.3 Å². The number of esters is 1. The van der Waals surface area contributed by atoms with E-state index in [9.17, 15) is 4.79 Å². The minimum atomic E-state index is -0.310. The van der Waals surface area contributed by atoms with Gasteiger partial charge in [-0.05, 0) is 38.9 Å². The molecule has 4 rings (SSSR count). The molecular weight excluding hydrogens is 334 g/mol. The number of hydrogen-bond acceptors (Lipinski definition) is 6. The second kappa shape index (κ2) is 7.78. The Hall–Kier alpha value is -1.89. The standard InChI is InChI=1S/C20H25NO5/c1-2-23-19(22)18-15-5-3-4-6-16(15)26-17(18)13-21-9-7-14(8-10-21)20-24-11-12-25-20/h3-6,14,20H,2,7-13H2,1H3. The Morgan fingerprint density at radius 1 is 1.19 bits per heavy atom. The molecule has 140 valence electrons. The lowest BCUT2D eigenvalue weighted by Crippen LogP contribution is -2.37. The molecule has 2 aliphatic heterocycles. The fourth-order valence-corrected chi connectivity index (χ4v) is 3.87. The van der Waals surface area contributed by atoms with Gasteiger partial charge in [0.05, 0.1) is 26.4 Å². The summed E-state index contributed by atoms with van der Waals surface area (Å²) < 4.78 is 22.5. The van der Waals surface area contributed by atoms with E-state index >= 15 is 0 Å². The highest BCUT2D eigenvalue weighted by molar-refractivity contribution is 6.04. The van der Waals surface area contributed by atoms with E-state index in [0.717, 1.165) is 36.9 Å². The van der Waals surface area contributed by atoms with Crippen LogP contribution in [0, 0.1) is 5.92 Å². The molecule has 0 aliphatic carbocycles. The number of furan rings is 1. The lowest BCUT2D eigenvalue weighted by atomic mass is 9.96. The fraction of sp³-hybridized carbons (Fsp3) is 0.550. The van der Waals surface area contributed by atoms with Crippen molar-refractivity contribution >= 4 is 16.9 Å². The van der Waals surface area contributed by atoms with E-state index in [1.807, 2.05) is 31.2 Å². The molecule has 0 unspecified atom stereocenters. The summed E-state index contributed by atoms with van der Waals surface area (Å²) in [4.78, 5) is 14.8. The van der Waals surface area contributed by atoms with Gasteiger partial charge in [-0.25, -0.2) is 4.79 Å². The molecule has 2 saturated heterocycles. The van der Waals surface area contributed by atoms with E-state index in [-0.39, 0.29) is 12.3 Å². The Balaban J connectivity index is 1.48. The first-order valence-corrected chi connectivity index (χ1v) is 9.39. The van der Waals surface area contributed by atoms with Crippen molar-refractivity contribution in [1.82, 2.24) is 4.90 Å². The summed E-state index contributed by atoms with van der Waals surface area (Å²) in [5.74, 6) is 0.834. The van der Waals surface area contributed by atoms with Crippen LogP contribution in [0.4, 0.5) is 0 Å². The van der Waals surface area contributed by atoms with E-state index in [1.165, 1.54) is 0 Å². The number of carbonyl (C=O) groups is 1. The zero-order valence-corrected chi connectivity index (χ0v) is 15.1. The van der Waals surface area contributed by atoms with Crippen LogP contribution < -0.4 is 0 Å². The number of nitrogens with zero attached hydrogens (tertiary/aromatic N) is 1. The minimum Gasteiger partial charge on any atom is -0.462 e. The normalized spacial score (nSPS) is 20.0. The van der Waals surface area contributed by atoms with Crippen molar-refractivity contribution in [2.24, 2.45) is 5.92 Å². The Morgan fingerprint density at radius 3 is 2.65 bits per heavy atom. The van der Waals surface area contributed by atoms with E-state index in [2.05, 4.69) is 4.90 Å². The summed E-state index contributed by atoms with van der Waals surface area (Å²) in [6.07, 6.45) is 2.01. The second-order valence-corrected chi connectivity index (χ2v) is 6.84. The summed E-state index contributed by atoms with van der Waals surface area (Å²) in [6.45, 7) is 6.06. The maximum atomic E-state index is 12.5. The Labute approximate surface area is 153 Å². The number of rotatable bonds is 5. The molecule has 2 aromatic rings. The minimum absolute atomic E-state index is 0.0431. The zero-order chi connectivity index (χ0) is 17.9. The zero-order valence-electron chi connectivity index (χ0n) is 15.1. The van der Waals surface area contributed by atoms with Crippen molar-refractivity contribution in [2.45, 2.75) is 32.6 Å². The average molecular weight is 359 g/mol. The molecule has 26 heavy (non-hydrogen) atoms. The Morgan fingerprint density at radius 2 is 1.92 bits per heavy atom. The number of piperidine rings is 1. The summed E-state index contributed by atoms with van der Waals surface area (Å²) in [7, 11) is 0. The van der Waals surface area contributed by atoms with Gasteiger partial charge in [0.2, 0.25) is 0 Å². The molecule has 0 N–H and O–H groups in total. The van der Waals surface area contributed by atoms with Crippen LogP contribution in [-0.4, -0.2) is 50.1 Å². The van der Waals surface area contributed by atoms with E-state index in [4.69, 9.17) is 18.6 Å². The predicted octanol–water partition coefficient (Wildman–Crippen LogP) is 3.19. The van der Waals surface area contributed by atoms with Crippen LogP contribution in [0.5, 0.6) is 0 Å². The lowest BCUT2D eigenvalue weighted by molar-refractivity contribution is -0.0979. The number of benzene rings is 1. The Kier molecular flexibility index (Phi) is 5.24. The van der Waals surface area contributed by atoms with Crippen LogP contribution in [-0.2, 0) is 20.8 Å². The molecule has 2 fully saturated rings. The molecular formula is C20H25NO5. The van der Waals surface area contributed by atoms with Gasteiger partial charge in [0.15, 0.2) is 6.29 Å². The number of hydrogen-bond donors (Lipinski definition) is 0. The molecule has 0 spiro atoms. The van der Waals surface area contributed by atoms with Crippen LogP contribution in [0.3, 0.4) is 0 Å². The monoisotopic (exact) mass is 359 g/mol. The first-order chi connectivity index (χ1) is 12.8. The van der Waals surface area contributed by atoms with Gasteiger partial charge in [-0.1, -0.05) is 18.2 Å². The molecule has 0 amide bonds. The van der Waals surface area contributed by atoms with Gasteiger partial charge < -0.3 is 18.6 Å². The van der Waals surface area contributed by atoms with Crippen molar-refractivity contribution in [2.75, 3.05) is 32.9 Å². The van der Waals surface area contributed by atoms with Crippen molar-refractivity contribution in [1.29, 1.82) is 0 Å². The van der Waals surface area contributed by atoms with Gasteiger partial charge in [0.1, 0.15) is 16.9 Å². The number of carbonyl (C=O) groups excluding carboxylic acids is 1. The van der Waals surface area contributed by atoms with Gasteiger partial charge in [-0.3, -0.25) is 4.90 Å². The summed E-state index contributed by atoms with van der Waals surface area (Å²) >= 11 is 0. The van der Waals surface area contributed by atoms with Crippen molar-refractivity contribution in [3.05, 3.63) is 35.6 Å². The first kappa shape index (κ1) is 17.5. The van der Waals surface area contributed by atoms with E-state index in [1.54, 1.807) is 0 Å². The third kappa shape index (κ3) is 3.49. The highest BCUT2D eigenvalue weighted by Gasteiger charge is 2.31. The molecule has 6 heteroatoms. The molecule has 1 aromatic heterocycles. The second-order valence-electron chi connectivity index (χ2n) is 6.84. The maximum absolute atomic E-state index is 12.5. The van der Waals surface area contributed by atoms with Crippen LogP contribution in [0.2, 0.25) is 0 Å². The van der Waals surface area contributed by atoms with Gasteiger partial charge in [0.25, 0.3) is 0 Å². The molecule has 3 heterocycles. The lowest BCUT2D eigenvalue weighted by Gasteiger charge is -2.33. The number of para-hydroxylation sites is 1. The molecule has 6 nitrogen and oxygen atoms in total. The molecule has 2 aliphatic rings. The van der Waals surface area contributed by atoms with Gasteiger partial charge in [-0.2, -0.15) is 0 Å². The Bertz CT molecular complexity index is 757. The maximum Gasteiger partial charge on any atom is 0.342 e. The van der Waals surface area contributed by atoms with Gasteiger partial charge in [-0.15, -0.1) is 0 Å². The molecule has 0 radical (unpaired) electrons. The summed E-state index contributed by atoms with van der Waals surface area (Å²) in [5.41, 5.74) is 1.29. The SMILES string of the molecule is CCOC(=O)c1c(CN2CCC(C3OCCO3)CC2)oc2ccccc12. The summed E-state index contributed by atoms with van der Waals surface area (Å²) in [6, 6.07) is 7.63. The highest BCUT2D eigenvalue weighted by Crippen LogP contribution is 2.30. The van der Waals surface area contributed by atoms with Crippen LogP contribution >= 0.6 is 0 Å². The van der Waals surface area contributed by atoms with Crippen molar-refractivity contribution in [3.8, 4) is 0 Å². The number of ether oxygens (including phenoxy) is 3. The smallest absolute Gasteiger partial charge is 0.342 e. The van der Waals surface area contributed by atoms with Crippen molar-refractivity contribution in [3.63, 3.8) is 0 Å². The van der Waals surface area contributed by atoms with Crippen LogP contribution in [0.15, 0.2) is 28.7 Å². The highest BCUT2D eigenvalue weighted by atomic mass is 16.7. The van der Waals surface area contributed by atoms with E-state index < -0.39 is 0 Å². The molecule has 1 aromatic carbocycles. The third-order valence-corrected chi connectivity index (χ3v) is 5.18. The fourth-order valence-electron chi connectivity index (χ4n) is 3.87. The predicted molar refractivity (Wildman–Crippen MR) is 95.9 cm³/mol.